The van der Waals surface area contributed by atoms with Crippen LogP contribution in [0.25, 0.3) is 6.08 Å². The number of nitrogens with zero attached hydrogens (tertiary/aromatic N) is 2. The van der Waals surface area contributed by atoms with Gasteiger partial charge in [0.1, 0.15) is 24.2 Å². The average Bonchev–Trinajstić information content (AvgIpc) is 3.16. The lowest BCUT2D eigenvalue weighted by atomic mass is 10.0. The van der Waals surface area contributed by atoms with Gasteiger partial charge in [-0.1, -0.05) is 24.3 Å². The summed E-state index contributed by atoms with van der Waals surface area (Å²) < 4.78 is 19.3. The smallest absolute Gasteiger partial charge is 0.247 e. The first kappa shape index (κ1) is 22.2. The highest BCUT2D eigenvalue weighted by atomic mass is 32.1. The van der Waals surface area contributed by atoms with E-state index in [4.69, 9.17) is 10.5 Å². The van der Waals surface area contributed by atoms with E-state index >= 15 is 0 Å². The quantitative estimate of drug-likeness (QED) is 0.540. The van der Waals surface area contributed by atoms with E-state index in [0.717, 1.165) is 16.3 Å². The van der Waals surface area contributed by atoms with Crippen LogP contribution in [0.1, 0.15) is 27.9 Å². The molecule has 0 saturated carbocycles. The normalized spacial score (nSPS) is 12.0. The number of thiazole rings is 1. The van der Waals surface area contributed by atoms with E-state index < -0.39 is 23.7 Å². The zero-order chi connectivity index (χ0) is 22.4. The van der Waals surface area contributed by atoms with Crippen molar-refractivity contribution in [1.82, 2.24) is 9.88 Å². The number of likely N-dealkylation sites (N-methyl/N-ethyl adjacent to an activating group) is 1. The van der Waals surface area contributed by atoms with Crippen molar-refractivity contribution in [3.8, 4) is 5.75 Å². The molecule has 160 valence electrons. The monoisotopic (exact) mass is 439 g/mol. The number of aryl methyl sites for hydroxylation is 1. The summed E-state index contributed by atoms with van der Waals surface area (Å²) in [5.74, 6) is -1.06. The van der Waals surface area contributed by atoms with Crippen molar-refractivity contribution in [1.29, 1.82) is 0 Å². The first-order chi connectivity index (χ1) is 14.8. The molecule has 0 radical (unpaired) electrons. The third-order valence-corrected chi connectivity index (χ3v) is 5.32. The van der Waals surface area contributed by atoms with Crippen LogP contribution in [-0.2, 0) is 16.2 Å². The number of ether oxygens (including phenoxy) is 1. The van der Waals surface area contributed by atoms with Gasteiger partial charge in [-0.15, -0.1) is 11.3 Å². The second-order valence-electron chi connectivity index (χ2n) is 6.86. The summed E-state index contributed by atoms with van der Waals surface area (Å²) in [7, 11) is 1.45. The molecule has 1 atom stereocenters. The number of hydrogen-bond acceptors (Lipinski definition) is 5. The number of benzene rings is 2. The van der Waals surface area contributed by atoms with E-state index in [2.05, 4.69) is 4.98 Å². The van der Waals surface area contributed by atoms with E-state index in [-0.39, 0.29) is 0 Å². The van der Waals surface area contributed by atoms with Crippen molar-refractivity contribution in [3.63, 3.8) is 0 Å². The zero-order valence-corrected chi connectivity index (χ0v) is 17.9. The molecule has 0 bridgehead atoms. The summed E-state index contributed by atoms with van der Waals surface area (Å²) in [5.41, 5.74) is 7.38. The van der Waals surface area contributed by atoms with Gasteiger partial charge in [-0.2, -0.15) is 0 Å². The Balaban J connectivity index is 1.68. The molecule has 1 unspecified atom stereocenters. The lowest BCUT2D eigenvalue weighted by molar-refractivity contribution is -0.134. The van der Waals surface area contributed by atoms with Gasteiger partial charge < -0.3 is 15.4 Å². The van der Waals surface area contributed by atoms with Crippen LogP contribution in [-0.4, -0.2) is 28.7 Å². The van der Waals surface area contributed by atoms with Gasteiger partial charge in [0.25, 0.3) is 0 Å². The molecule has 1 aromatic heterocycles. The van der Waals surface area contributed by atoms with Gasteiger partial charge in [0.05, 0.1) is 10.7 Å². The molecule has 0 spiro atoms. The molecule has 8 heteroatoms. The van der Waals surface area contributed by atoms with E-state index in [0.29, 0.717) is 17.9 Å². The Morgan fingerprint density at radius 3 is 2.71 bits per heavy atom. The minimum atomic E-state index is -1.08. The third-order valence-electron chi connectivity index (χ3n) is 4.50. The SMILES string of the molecule is Cc1nc(COc2cccc(/C=C/C(=O)N(C)C(C(N)=O)c3cccc(F)c3)c2)cs1. The number of rotatable bonds is 8. The second-order valence-corrected chi connectivity index (χ2v) is 7.92. The topological polar surface area (TPSA) is 85.5 Å². The first-order valence-electron chi connectivity index (χ1n) is 9.47. The summed E-state index contributed by atoms with van der Waals surface area (Å²) >= 11 is 1.56. The molecule has 31 heavy (non-hydrogen) atoms. The standard InChI is InChI=1S/C23H22FN3O3S/c1-15-26-19(14-31-15)13-30-20-8-3-5-16(11-20)9-10-21(28)27(2)22(23(25)29)17-6-4-7-18(24)12-17/h3-12,14,22H,13H2,1-2H3,(H2,25,29)/b10-9+. The molecular formula is C23H22FN3O3S. The lowest BCUT2D eigenvalue weighted by Crippen LogP contribution is -2.38. The van der Waals surface area contributed by atoms with Gasteiger partial charge in [0.2, 0.25) is 11.8 Å². The first-order valence-corrected chi connectivity index (χ1v) is 10.3. The van der Waals surface area contributed by atoms with Crippen molar-refractivity contribution in [2.45, 2.75) is 19.6 Å². The van der Waals surface area contributed by atoms with Gasteiger partial charge in [0, 0.05) is 18.5 Å². The third kappa shape index (κ3) is 5.99. The number of halogens is 1. The van der Waals surface area contributed by atoms with Crippen LogP contribution < -0.4 is 10.5 Å². The Bertz CT molecular complexity index is 1110. The maximum absolute atomic E-state index is 13.6. The van der Waals surface area contributed by atoms with E-state index in [9.17, 15) is 14.0 Å². The number of amides is 2. The highest BCUT2D eigenvalue weighted by Crippen LogP contribution is 2.21. The second kappa shape index (κ2) is 9.99. The van der Waals surface area contributed by atoms with Crippen molar-refractivity contribution >= 4 is 29.2 Å². The number of carbonyl (C=O) groups is 2. The van der Waals surface area contributed by atoms with Crippen LogP contribution in [0.15, 0.2) is 60.0 Å². The minimum Gasteiger partial charge on any atom is -0.487 e. The van der Waals surface area contributed by atoms with Gasteiger partial charge >= 0.3 is 0 Å². The van der Waals surface area contributed by atoms with Crippen LogP contribution in [0.3, 0.4) is 0 Å². The largest absolute Gasteiger partial charge is 0.487 e. The maximum atomic E-state index is 13.6. The number of primary amides is 1. The number of aromatic nitrogens is 1. The molecule has 6 nitrogen and oxygen atoms in total. The molecule has 3 rings (SSSR count). The summed E-state index contributed by atoms with van der Waals surface area (Å²) in [4.78, 5) is 30.1. The van der Waals surface area contributed by atoms with Crippen molar-refractivity contribution < 1.29 is 18.7 Å². The number of nitrogens with two attached hydrogens (primary N) is 1. The van der Waals surface area contributed by atoms with Gasteiger partial charge in [-0.25, -0.2) is 9.37 Å². The molecule has 0 aliphatic carbocycles. The van der Waals surface area contributed by atoms with Gasteiger partial charge in [0.15, 0.2) is 0 Å². The van der Waals surface area contributed by atoms with Crippen LogP contribution in [0.5, 0.6) is 5.75 Å². The minimum absolute atomic E-state index is 0.310. The molecular weight excluding hydrogens is 417 g/mol. The number of hydrogen-bond donors (Lipinski definition) is 1. The molecule has 3 aromatic rings. The predicted molar refractivity (Wildman–Crippen MR) is 118 cm³/mol. The Morgan fingerprint density at radius 1 is 1.26 bits per heavy atom. The molecule has 0 aliphatic heterocycles. The fraction of sp³-hybridized carbons (Fsp3) is 0.174. The predicted octanol–water partition coefficient (Wildman–Crippen LogP) is 3.87. The molecule has 0 saturated heterocycles. The lowest BCUT2D eigenvalue weighted by Gasteiger charge is -2.25. The van der Waals surface area contributed by atoms with Crippen LogP contribution in [0, 0.1) is 12.7 Å². The van der Waals surface area contributed by atoms with Crippen LogP contribution in [0.2, 0.25) is 0 Å². The van der Waals surface area contributed by atoms with Gasteiger partial charge in [-0.05, 0) is 48.4 Å². The summed E-state index contributed by atoms with van der Waals surface area (Å²) in [6.07, 6.45) is 2.94. The van der Waals surface area contributed by atoms with E-state index in [1.165, 1.54) is 36.2 Å². The molecule has 2 amide bonds. The average molecular weight is 440 g/mol. The Kier molecular flexibility index (Phi) is 7.15. The summed E-state index contributed by atoms with van der Waals surface area (Å²) in [5, 5.41) is 2.92. The summed E-state index contributed by atoms with van der Waals surface area (Å²) in [6, 6.07) is 11.6. The van der Waals surface area contributed by atoms with Crippen molar-refractivity contribution in [2.75, 3.05) is 7.05 Å². The van der Waals surface area contributed by atoms with Gasteiger partial charge in [-0.3, -0.25) is 9.59 Å². The fourth-order valence-corrected chi connectivity index (χ4v) is 3.60. The molecule has 0 fully saturated rings. The Hall–Kier alpha value is -3.52. The molecule has 0 aliphatic rings. The molecule has 2 aromatic carbocycles. The molecule has 1 heterocycles. The maximum Gasteiger partial charge on any atom is 0.247 e. The Labute approximate surface area is 183 Å². The van der Waals surface area contributed by atoms with Crippen LogP contribution >= 0.6 is 11.3 Å². The van der Waals surface area contributed by atoms with E-state index in [1.807, 2.05) is 30.5 Å². The van der Waals surface area contributed by atoms with Crippen LogP contribution in [0.4, 0.5) is 4.39 Å². The van der Waals surface area contributed by atoms with Crippen molar-refractivity contribution in [3.05, 3.63) is 87.6 Å². The highest BCUT2D eigenvalue weighted by molar-refractivity contribution is 7.09. The number of carbonyl (C=O) groups excluding carboxylic acids is 2. The zero-order valence-electron chi connectivity index (χ0n) is 17.1. The Morgan fingerprint density at radius 2 is 2.03 bits per heavy atom. The van der Waals surface area contributed by atoms with E-state index in [1.54, 1.807) is 29.5 Å². The molecule has 2 N–H and O–H groups in total. The fourth-order valence-electron chi connectivity index (χ4n) is 3.01. The highest BCUT2D eigenvalue weighted by Gasteiger charge is 2.25. The summed E-state index contributed by atoms with van der Waals surface area (Å²) in [6.45, 7) is 2.29. The van der Waals surface area contributed by atoms with Crippen molar-refractivity contribution in [2.24, 2.45) is 5.73 Å².